The molecule has 1 aliphatic carbocycles. The molecule has 6 heteroatoms. The predicted octanol–water partition coefficient (Wildman–Crippen LogP) is 3.17. The predicted molar refractivity (Wildman–Crippen MR) is 89.1 cm³/mol. The van der Waals surface area contributed by atoms with E-state index in [9.17, 15) is 9.59 Å². The summed E-state index contributed by atoms with van der Waals surface area (Å²) in [5, 5.41) is 3.66. The average Bonchev–Trinajstić information content (AvgIpc) is 2.76. The van der Waals surface area contributed by atoms with E-state index in [2.05, 4.69) is 5.32 Å². The standard InChI is InChI=1S/C17H23NO4S/c1-21-17(20)14-12-5-3-2-4-6-13(12)23-16(14)18-15(19)11-7-9-22-10-8-11/h11H,2-10H2,1H3,(H,18,19). The molecule has 5 nitrogen and oxygen atoms in total. The van der Waals surface area contributed by atoms with Crippen LogP contribution in [0.5, 0.6) is 0 Å². The van der Waals surface area contributed by atoms with Crippen LogP contribution in [0.3, 0.4) is 0 Å². The van der Waals surface area contributed by atoms with Crippen LogP contribution in [0.2, 0.25) is 0 Å². The maximum atomic E-state index is 12.5. The topological polar surface area (TPSA) is 64.6 Å². The van der Waals surface area contributed by atoms with Crippen LogP contribution in [-0.4, -0.2) is 32.2 Å². The van der Waals surface area contributed by atoms with Gasteiger partial charge < -0.3 is 14.8 Å². The van der Waals surface area contributed by atoms with Crippen LogP contribution >= 0.6 is 11.3 Å². The molecule has 1 aliphatic heterocycles. The van der Waals surface area contributed by atoms with Gasteiger partial charge in [-0.25, -0.2) is 4.79 Å². The van der Waals surface area contributed by atoms with Crippen molar-refractivity contribution in [2.24, 2.45) is 5.92 Å². The number of ether oxygens (including phenoxy) is 2. The van der Waals surface area contributed by atoms with E-state index in [1.165, 1.54) is 18.4 Å². The minimum atomic E-state index is -0.341. The van der Waals surface area contributed by atoms with Crippen LogP contribution in [0.25, 0.3) is 0 Å². The quantitative estimate of drug-likeness (QED) is 0.680. The van der Waals surface area contributed by atoms with E-state index in [0.717, 1.165) is 44.1 Å². The van der Waals surface area contributed by atoms with Crippen LogP contribution < -0.4 is 5.32 Å². The van der Waals surface area contributed by atoms with Crippen molar-refractivity contribution in [2.45, 2.75) is 44.9 Å². The molecule has 1 saturated heterocycles. The van der Waals surface area contributed by atoms with E-state index in [4.69, 9.17) is 9.47 Å². The number of amides is 1. The Hall–Kier alpha value is -1.40. The number of hydrogen-bond acceptors (Lipinski definition) is 5. The molecule has 0 atom stereocenters. The highest BCUT2D eigenvalue weighted by Gasteiger charge is 2.28. The molecule has 0 radical (unpaired) electrons. The molecule has 0 spiro atoms. The Morgan fingerprint density at radius 3 is 2.65 bits per heavy atom. The van der Waals surface area contributed by atoms with Crippen molar-refractivity contribution < 1.29 is 19.1 Å². The summed E-state index contributed by atoms with van der Waals surface area (Å²) in [5.74, 6) is -0.377. The van der Waals surface area contributed by atoms with E-state index >= 15 is 0 Å². The molecule has 0 saturated carbocycles. The highest BCUT2D eigenvalue weighted by molar-refractivity contribution is 7.17. The number of carbonyl (C=O) groups excluding carboxylic acids is 2. The molecule has 0 unspecified atom stereocenters. The third-order valence-electron chi connectivity index (χ3n) is 4.64. The number of anilines is 1. The molecule has 1 aromatic rings. The largest absolute Gasteiger partial charge is 0.465 e. The van der Waals surface area contributed by atoms with Crippen molar-refractivity contribution in [1.29, 1.82) is 0 Å². The molecule has 0 bridgehead atoms. The molecule has 1 aromatic heterocycles. The number of aryl methyl sites for hydroxylation is 1. The SMILES string of the molecule is COC(=O)c1c(NC(=O)C2CCOCC2)sc2c1CCCCC2. The zero-order chi connectivity index (χ0) is 16.2. The number of hydrogen-bond donors (Lipinski definition) is 1. The van der Waals surface area contributed by atoms with Crippen molar-refractivity contribution in [3.8, 4) is 0 Å². The van der Waals surface area contributed by atoms with Gasteiger partial charge in [-0.05, 0) is 44.1 Å². The number of methoxy groups -OCH3 is 1. The summed E-state index contributed by atoms with van der Waals surface area (Å²) in [6.45, 7) is 1.26. The van der Waals surface area contributed by atoms with Gasteiger partial charge in [0.2, 0.25) is 5.91 Å². The monoisotopic (exact) mass is 337 g/mol. The average molecular weight is 337 g/mol. The second-order valence-electron chi connectivity index (χ2n) is 6.14. The van der Waals surface area contributed by atoms with E-state index in [1.54, 1.807) is 11.3 Å². The van der Waals surface area contributed by atoms with E-state index in [1.807, 2.05) is 0 Å². The lowest BCUT2D eigenvalue weighted by atomic mass is 9.99. The second kappa shape index (κ2) is 7.45. The summed E-state index contributed by atoms with van der Waals surface area (Å²) in [6, 6.07) is 0. The highest BCUT2D eigenvalue weighted by Crippen LogP contribution is 2.38. The normalized spacial score (nSPS) is 18.8. The number of fused-ring (bicyclic) bond motifs is 1. The second-order valence-corrected chi connectivity index (χ2v) is 7.24. The molecule has 1 N–H and O–H groups in total. The van der Waals surface area contributed by atoms with Gasteiger partial charge in [-0.3, -0.25) is 4.79 Å². The Kier molecular flexibility index (Phi) is 5.33. The van der Waals surface area contributed by atoms with Gasteiger partial charge in [-0.1, -0.05) is 6.42 Å². The molecule has 23 heavy (non-hydrogen) atoms. The molecule has 1 amide bonds. The van der Waals surface area contributed by atoms with Crippen molar-refractivity contribution in [1.82, 2.24) is 0 Å². The van der Waals surface area contributed by atoms with E-state index in [0.29, 0.717) is 23.8 Å². The first-order valence-corrected chi connectivity index (χ1v) is 9.13. The van der Waals surface area contributed by atoms with Crippen LogP contribution in [0.4, 0.5) is 5.00 Å². The number of rotatable bonds is 3. The lowest BCUT2D eigenvalue weighted by Crippen LogP contribution is -2.28. The van der Waals surface area contributed by atoms with Crippen molar-refractivity contribution in [2.75, 3.05) is 25.6 Å². The summed E-state index contributed by atoms with van der Waals surface area (Å²) in [5.41, 5.74) is 1.66. The maximum absolute atomic E-state index is 12.5. The first-order valence-electron chi connectivity index (χ1n) is 8.32. The molecule has 1 fully saturated rings. The summed E-state index contributed by atoms with van der Waals surface area (Å²) in [4.78, 5) is 26.0. The van der Waals surface area contributed by atoms with Gasteiger partial charge in [0, 0.05) is 24.0 Å². The summed E-state index contributed by atoms with van der Waals surface area (Å²) in [6.07, 6.45) is 6.77. The molecule has 2 aliphatic rings. The Labute approximate surface area is 140 Å². The fourth-order valence-electron chi connectivity index (χ4n) is 3.32. The fourth-order valence-corrected chi connectivity index (χ4v) is 4.60. The summed E-state index contributed by atoms with van der Waals surface area (Å²) in [7, 11) is 1.40. The number of nitrogens with one attached hydrogen (secondary N) is 1. The van der Waals surface area contributed by atoms with Gasteiger partial charge in [0.25, 0.3) is 0 Å². The Morgan fingerprint density at radius 1 is 1.17 bits per heavy atom. The van der Waals surface area contributed by atoms with Crippen LogP contribution in [0, 0.1) is 5.92 Å². The lowest BCUT2D eigenvalue weighted by molar-refractivity contribution is -0.122. The molecular formula is C17H23NO4S. The number of thiophene rings is 1. The molecule has 0 aromatic carbocycles. The van der Waals surface area contributed by atoms with Crippen LogP contribution in [0.15, 0.2) is 0 Å². The first-order chi connectivity index (χ1) is 11.2. The Bertz CT molecular complexity index is 590. The molecule has 3 rings (SSSR count). The highest BCUT2D eigenvalue weighted by atomic mass is 32.1. The van der Waals surface area contributed by atoms with Gasteiger partial charge in [-0.2, -0.15) is 0 Å². The Balaban J connectivity index is 1.85. The van der Waals surface area contributed by atoms with Crippen LogP contribution in [0.1, 0.15) is 52.9 Å². The fraction of sp³-hybridized carbons (Fsp3) is 0.647. The van der Waals surface area contributed by atoms with Crippen molar-refractivity contribution in [3.05, 3.63) is 16.0 Å². The first kappa shape index (κ1) is 16.5. The van der Waals surface area contributed by atoms with Gasteiger partial charge in [0.15, 0.2) is 0 Å². The zero-order valence-corrected chi connectivity index (χ0v) is 14.3. The van der Waals surface area contributed by atoms with Gasteiger partial charge >= 0.3 is 5.97 Å². The molecule has 2 heterocycles. The van der Waals surface area contributed by atoms with Crippen molar-refractivity contribution >= 4 is 28.2 Å². The summed E-state index contributed by atoms with van der Waals surface area (Å²) >= 11 is 1.55. The van der Waals surface area contributed by atoms with E-state index in [-0.39, 0.29) is 17.8 Å². The lowest BCUT2D eigenvalue weighted by Gasteiger charge is -2.21. The van der Waals surface area contributed by atoms with Crippen LogP contribution in [-0.2, 0) is 27.1 Å². The van der Waals surface area contributed by atoms with E-state index < -0.39 is 0 Å². The van der Waals surface area contributed by atoms with Gasteiger partial charge in [0.1, 0.15) is 5.00 Å². The molecule has 126 valence electrons. The number of carbonyl (C=O) groups is 2. The third-order valence-corrected chi connectivity index (χ3v) is 5.85. The maximum Gasteiger partial charge on any atom is 0.341 e. The molecular weight excluding hydrogens is 314 g/mol. The van der Waals surface area contributed by atoms with Gasteiger partial charge in [0.05, 0.1) is 12.7 Å². The number of esters is 1. The minimum Gasteiger partial charge on any atom is -0.465 e. The smallest absolute Gasteiger partial charge is 0.341 e. The zero-order valence-electron chi connectivity index (χ0n) is 13.5. The third kappa shape index (κ3) is 3.58. The Morgan fingerprint density at radius 2 is 1.91 bits per heavy atom. The summed E-state index contributed by atoms with van der Waals surface area (Å²) < 4.78 is 10.3. The minimum absolute atomic E-state index is 0.00476. The van der Waals surface area contributed by atoms with Crippen molar-refractivity contribution in [3.63, 3.8) is 0 Å². The van der Waals surface area contributed by atoms with Gasteiger partial charge in [-0.15, -0.1) is 11.3 Å².